The summed E-state index contributed by atoms with van der Waals surface area (Å²) in [4.78, 5) is 0. The lowest BCUT2D eigenvalue weighted by molar-refractivity contribution is 0.179. The predicted molar refractivity (Wildman–Crippen MR) is 65.9 cm³/mol. The van der Waals surface area contributed by atoms with Crippen LogP contribution in [-0.4, -0.2) is 34.7 Å². The molecule has 2 aliphatic rings. The minimum atomic E-state index is -1.49. The van der Waals surface area contributed by atoms with Crippen LogP contribution >= 0.6 is 0 Å². The summed E-state index contributed by atoms with van der Waals surface area (Å²) < 4.78 is 17.6. The summed E-state index contributed by atoms with van der Waals surface area (Å²) in [6, 6.07) is 0. The van der Waals surface area contributed by atoms with Crippen molar-refractivity contribution in [2.75, 3.05) is 13.2 Å². The van der Waals surface area contributed by atoms with Crippen LogP contribution in [0.25, 0.3) is 0 Å². The topological polar surface area (TPSA) is 31.0 Å². The predicted octanol–water partition coefficient (Wildman–Crippen LogP) is 2.38. The minimum absolute atomic E-state index is 0.485. The van der Waals surface area contributed by atoms with Gasteiger partial charge >= 0.3 is 9.28 Å². The highest BCUT2D eigenvalue weighted by Crippen LogP contribution is 2.45. The molecule has 3 nitrogen and oxygen atoms in total. The first kappa shape index (κ1) is 12.6. The third-order valence-corrected chi connectivity index (χ3v) is 5.93. The first-order valence-electron chi connectivity index (χ1n) is 6.75. The summed E-state index contributed by atoms with van der Waals surface area (Å²) in [5.74, 6) is 0. The van der Waals surface area contributed by atoms with Gasteiger partial charge in [0.2, 0.25) is 0 Å². The Bertz CT molecular complexity index is 204. The molecule has 0 aromatic carbocycles. The van der Waals surface area contributed by atoms with E-state index in [1.807, 2.05) is 0 Å². The van der Waals surface area contributed by atoms with Gasteiger partial charge in [0.25, 0.3) is 0 Å². The molecule has 0 spiro atoms. The highest BCUT2D eigenvalue weighted by Gasteiger charge is 2.51. The van der Waals surface area contributed by atoms with Crippen LogP contribution in [0.15, 0.2) is 0 Å². The van der Waals surface area contributed by atoms with E-state index in [1.54, 1.807) is 0 Å². The number of epoxide rings is 1. The van der Waals surface area contributed by atoms with Gasteiger partial charge in [0.15, 0.2) is 0 Å². The Morgan fingerprint density at radius 3 is 2.44 bits per heavy atom. The van der Waals surface area contributed by atoms with E-state index in [1.165, 1.54) is 19.3 Å². The normalized spacial score (nSPS) is 32.8. The van der Waals surface area contributed by atoms with E-state index in [-0.39, 0.29) is 0 Å². The Morgan fingerprint density at radius 1 is 1.12 bits per heavy atom. The molecule has 1 saturated carbocycles. The van der Waals surface area contributed by atoms with Crippen LogP contribution in [0.5, 0.6) is 0 Å². The molecular formula is C12H24O3Si. The van der Waals surface area contributed by atoms with E-state index >= 15 is 0 Å². The number of ether oxygens (including phenoxy) is 1. The maximum atomic E-state index is 5.97. The van der Waals surface area contributed by atoms with Crippen molar-refractivity contribution in [1.29, 1.82) is 0 Å². The molecule has 0 bridgehead atoms. The van der Waals surface area contributed by atoms with Crippen LogP contribution in [0.2, 0.25) is 5.54 Å². The van der Waals surface area contributed by atoms with Crippen molar-refractivity contribution in [2.45, 2.75) is 63.7 Å². The molecule has 2 rings (SSSR count). The van der Waals surface area contributed by atoms with Crippen molar-refractivity contribution < 1.29 is 13.6 Å². The van der Waals surface area contributed by atoms with E-state index < -0.39 is 9.28 Å². The highest BCUT2D eigenvalue weighted by molar-refractivity contribution is 6.46. The van der Waals surface area contributed by atoms with E-state index in [0.29, 0.717) is 17.7 Å². The molecule has 3 atom stereocenters. The molecule has 94 valence electrons. The first-order chi connectivity index (χ1) is 7.86. The van der Waals surface area contributed by atoms with E-state index in [2.05, 4.69) is 13.8 Å². The Balaban J connectivity index is 1.83. The molecule has 4 heteroatoms. The zero-order chi connectivity index (χ0) is 11.4. The van der Waals surface area contributed by atoms with Crippen LogP contribution in [0.4, 0.5) is 0 Å². The second-order valence-corrected chi connectivity index (χ2v) is 7.10. The third kappa shape index (κ3) is 3.06. The van der Waals surface area contributed by atoms with Gasteiger partial charge in [-0.05, 0) is 25.7 Å². The van der Waals surface area contributed by atoms with Gasteiger partial charge in [-0.15, -0.1) is 0 Å². The summed E-state index contributed by atoms with van der Waals surface area (Å²) in [6.45, 7) is 6.02. The van der Waals surface area contributed by atoms with Crippen LogP contribution in [0.1, 0.15) is 46.0 Å². The number of hydrogen-bond donors (Lipinski definition) is 0. The summed E-state index contributed by atoms with van der Waals surface area (Å²) in [7, 11) is -1.49. The molecule has 1 saturated heterocycles. The van der Waals surface area contributed by atoms with Gasteiger partial charge in [-0.25, -0.2) is 0 Å². The molecule has 0 amide bonds. The lowest BCUT2D eigenvalue weighted by Gasteiger charge is -2.26. The van der Waals surface area contributed by atoms with Gasteiger partial charge in [-0.3, -0.25) is 0 Å². The first-order valence-corrected chi connectivity index (χ1v) is 8.36. The Hall–Kier alpha value is 0.0969. The molecule has 16 heavy (non-hydrogen) atoms. The molecule has 2 fully saturated rings. The second-order valence-electron chi connectivity index (χ2n) is 4.84. The maximum absolute atomic E-state index is 5.97. The number of rotatable bonds is 7. The lowest BCUT2D eigenvalue weighted by atomic mass is 10.0. The van der Waals surface area contributed by atoms with E-state index in [0.717, 1.165) is 26.1 Å². The zero-order valence-electron chi connectivity index (χ0n) is 10.5. The molecule has 3 unspecified atom stereocenters. The maximum Gasteiger partial charge on any atom is 0.327 e. The summed E-state index contributed by atoms with van der Waals surface area (Å²) >= 11 is 0. The van der Waals surface area contributed by atoms with Gasteiger partial charge in [0, 0.05) is 18.8 Å². The van der Waals surface area contributed by atoms with E-state index in [4.69, 9.17) is 13.6 Å². The molecule has 1 aliphatic heterocycles. The van der Waals surface area contributed by atoms with Gasteiger partial charge in [0.1, 0.15) is 0 Å². The number of hydrogen-bond acceptors (Lipinski definition) is 3. The minimum Gasteiger partial charge on any atom is -0.396 e. The number of fused-ring (bicyclic) bond motifs is 1. The van der Waals surface area contributed by atoms with Crippen LogP contribution < -0.4 is 0 Å². The summed E-state index contributed by atoms with van der Waals surface area (Å²) in [6.07, 6.45) is 7.00. The fraction of sp³-hybridized carbons (Fsp3) is 1.00. The van der Waals surface area contributed by atoms with Gasteiger partial charge in [-0.2, -0.15) is 0 Å². The van der Waals surface area contributed by atoms with Crippen molar-refractivity contribution >= 4 is 9.28 Å². The molecule has 1 heterocycles. The standard InChI is InChI=1S/C12H24O3Si/c1-3-8-13-16(14-9-4-2)11-7-5-6-10-12(11)15-10/h10-12,16H,3-9H2,1-2H3. The molecule has 0 N–H and O–H groups in total. The smallest absolute Gasteiger partial charge is 0.327 e. The summed E-state index contributed by atoms with van der Waals surface area (Å²) in [5, 5.41) is 0. The molecule has 0 aromatic rings. The van der Waals surface area contributed by atoms with Crippen LogP contribution in [0, 0.1) is 0 Å². The monoisotopic (exact) mass is 244 g/mol. The average molecular weight is 244 g/mol. The highest BCUT2D eigenvalue weighted by atomic mass is 28.3. The fourth-order valence-corrected chi connectivity index (χ4v) is 5.22. The summed E-state index contributed by atoms with van der Waals surface area (Å²) in [5.41, 5.74) is 0.608. The zero-order valence-corrected chi connectivity index (χ0v) is 11.6. The quantitative estimate of drug-likeness (QED) is 0.509. The van der Waals surface area contributed by atoms with E-state index in [9.17, 15) is 0 Å². The lowest BCUT2D eigenvalue weighted by Crippen LogP contribution is -2.34. The van der Waals surface area contributed by atoms with Crippen molar-refractivity contribution in [3.63, 3.8) is 0 Å². The van der Waals surface area contributed by atoms with Crippen molar-refractivity contribution in [1.82, 2.24) is 0 Å². The van der Waals surface area contributed by atoms with Crippen molar-refractivity contribution in [3.05, 3.63) is 0 Å². The second kappa shape index (κ2) is 6.14. The van der Waals surface area contributed by atoms with Crippen molar-refractivity contribution in [3.8, 4) is 0 Å². The Morgan fingerprint density at radius 2 is 1.81 bits per heavy atom. The van der Waals surface area contributed by atoms with Crippen molar-refractivity contribution in [2.24, 2.45) is 0 Å². The molecule has 0 radical (unpaired) electrons. The van der Waals surface area contributed by atoms with Crippen LogP contribution in [-0.2, 0) is 13.6 Å². The third-order valence-electron chi connectivity index (χ3n) is 3.39. The van der Waals surface area contributed by atoms with Crippen LogP contribution in [0.3, 0.4) is 0 Å². The van der Waals surface area contributed by atoms with Gasteiger partial charge < -0.3 is 13.6 Å². The average Bonchev–Trinajstić information content (AvgIpc) is 3.08. The molecule has 0 aromatic heterocycles. The largest absolute Gasteiger partial charge is 0.396 e. The van der Waals surface area contributed by atoms with Gasteiger partial charge in [0.05, 0.1) is 12.2 Å². The Kier molecular flexibility index (Phi) is 4.82. The Labute approximate surface area is 100 Å². The fourth-order valence-electron chi connectivity index (χ4n) is 2.54. The molecule has 1 aliphatic carbocycles. The van der Waals surface area contributed by atoms with Gasteiger partial charge in [-0.1, -0.05) is 20.3 Å². The molecular weight excluding hydrogens is 220 g/mol. The SMILES string of the molecule is CCCO[SiH](OCCC)C1CCCC2OC21.